The molecule has 1 aromatic rings. The van der Waals surface area contributed by atoms with E-state index in [1.54, 1.807) is 0 Å². The van der Waals surface area contributed by atoms with Gasteiger partial charge in [0.25, 0.3) is 0 Å². The first-order valence-corrected chi connectivity index (χ1v) is 5.40. The van der Waals surface area contributed by atoms with Crippen LogP contribution in [0.2, 0.25) is 0 Å². The van der Waals surface area contributed by atoms with Crippen LogP contribution >= 0.6 is 0 Å². The van der Waals surface area contributed by atoms with Crippen molar-refractivity contribution >= 4 is 0 Å². The first-order chi connectivity index (χ1) is 8.58. The number of aliphatic hydroxyl groups is 3. The highest BCUT2D eigenvalue weighted by molar-refractivity contribution is 5.36. The maximum absolute atomic E-state index is 11.1. The van der Waals surface area contributed by atoms with Gasteiger partial charge in [-0.3, -0.25) is 4.79 Å². The number of nitrogens with one attached hydrogen (secondary N) is 1. The maximum atomic E-state index is 11.1. The van der Waals surface area contributed by atoms with Crippen LogP contribution in [0.5, 0.6) is 0 Å². The summed E-state index contributed by atoms with van der Waals surface area (Å²) in [4.78, 5) is 13.6. The molecule has 2 heterocycles. The van der Waals surface area contributed by atoms with Crippen molar-refractivity contribution in [3.8, 4) is 12.3 Å². The Morgan fingerprint density at radius 3 is 2.67 bits per heavy atom. The van der Waals surface area contributed by atoms with Crippen molar-refractivity contribution in [2.45, 2.75) is 24.4 Å². The third kappa shape index (κ3) is 2.05. The van der Waals surface area contributed by atoms with E-state index >= 15 is 0 Å². The molecule has 1 fully saturated rings. The van der Waals surface area contributed by atoms with Crippen LogP contribution in [-0.4, -0.2) is 45.2 Å². The quantitative estimate of drug-likeness (QED) is 0.480. The lowest BCUT2D eigenvalue weighted by molar-refractivity contribution is -0.0229. The first-order valence-electron chi connectivity index (χ1n) is 5.40. The second-order valence-electron chi connectivity index (χ2n) is 4.06. The van der Waals surface area contributed by atoms with Gasteiger partial charge in [-0.25, -0.2) is 0 Å². The van der Waals surface area contributed by atoms with Gasteiger partial charge in [-0.1, -0.05) is 5.92 Å². The zero-order valence-electron chi connectivity index (χ0n) is 9.41. The monoisotopic (exact) mass is 251 g/mol. The van der Waals surface area contributed by atoms with Gasteiger partial charge in [0.2, 0.25) is 5.56 Å². The first kappa shape index (κ1) is 12.8. The van der Waals surface area contributed by atoms with Gasteiger partial charge >= 0.3 is 0 Å². The maximum Gasteiger partial charge on any atom is 0.248 e. The van der Waals surface area contributed by atoms with E-state index in [9.17, 15) is 15.0 Å². The van der Waals surface area contributed by atoms with Gasteiger partial charge in [-0.2, -0.15) is 0 Å². The van der Waals surface area contributed by atoms with Crippen LogP contribution in [-0.2, 0) is 4.74 Å². The zero-order chi connectivity index (χ0) is 13.3. The molecule has 0 amide bonds. The number of rotatable bonds is 2. The van der Waals surface area contributed by atoms with Gasteiger partial charge in [-0.05, 0) is 6.07 Å². The van der Waals surface area contributed by atoms with Crippen LogP contribution in [0.15, 0.2) is 16.9 Å². The van der Waals surface area contributed by atoms with Crippen molar-refractivity contribution in [1.82, 2.24) is 4.98 Å². The largest absolute Gasteiger partial charge is 0.394 e. The van der Waals surface area contributed by atoms with Crippen LogP contribution in [0.3, 0.4) is 0 Å². The Morgan fingerprint density at radius 1 is 1.39 bits per heavy atom. The summed E-state index contributed by atoms with van der Waals surface area (Å²) in [6.07, 6.45) is 1.11. The highest BCUT2D eigenvalue weighted by atomic mass is 16.6. The molecule has 1 aliphatic heterocycles. The Kier molecular flexibility index (Phi) is 3.50. The number of aromatic amines is 1. The van der Waals surface area contributed by atoms with Gasteiger partial charge in [0, 0.05) is 11.6 Å². The van der Waals surface area contributed by atoms with Crippen LogP contribution in [0.25, 0.3) is 0 Å². The molecule has 0 radical (unpaired) electrons. The summed E-state index contributed by atoms with van der Waals surface area (Å²) in [5, 5.41) is 28.5. The van der Waals surface area contributed by atoms with Gasteiger partial charge in [0.1, 0.15) is 24.4 Å². The van der Waals surface area contributed by atoms with Crippen molar-refractivity contribution in [2.75, 3.05) is 6.61 Å². The average Bonchev–Trinajstić information content (AvgIpc) is 2.66. The second kappa shape index (κ2) is 4.92. The van der Waals surface area contributed by atoms with E-state index in [1.807, 2.05) is 0 Å². The summed E-state index contributed by atoms with van der Waals surface area (Å²) in [5.41, 5.74) is 0.232. The van der Waals surface area contributed by atoms with Gasteiger partial charge in [0.15, 0.2) is 0 Å². The number of aromatic nitrogens is 1. The molecular weight excluding hydrogens is 238 g/mol. The van der Waals surface area contributed by atoms with Crippen molar-refractivity contribution < 1.29 is 20.1 Å². The van der Waals surface area contributed by atoms with E-state index in [0.29, 0.717) is 5.56 Å². The molecule has 0 aromatic carbocycles. The van der Waals surface area contributed by atoms with Gasteiger partial charge in [-0.15, -0.1) is 6.42 Å². The molecule has 6 heteroatoms. The Balaban J connectivity index is 2.39. The normalized spacial score (nSPS) is 31.2. The molecule has 2 rings (SSSR count). The topological polar surface area (TPSA) is 103 Å². The van der Waals surface area contributed by atoms with E-state index in [2.05, 4.69) is 10.9 Å². The number of H-pyrrole nitrogens is 1. The predicted octanol–water partition coefficient (Wildman–Crippen LogP) is -1.49. The lowest BCUT2D eigenvalue weighted by atomic mass is 10.0. The highest BCUT2D eigenvalue weighted by Gasteiger charge is 2.43. The fourth-order valence-corrected chi connectivity index (χ4v) is 2.00. The Labute approximate surface area is 103 Å². The Hall–Kier alpha value is -1.65. The van der Waals surface area contributed by atoms with Crippen LogP contribution in [0, 0.1) is 12.3 Å². The number of hydrogen-bond acceptors (Lipinski definition) is 5. The molecule has 4 atom stereocenters. The van der Waals surface area contributed by atoms with Crippen LogP contribution in [0.1, 0.15) is 17.4 Å². The number of ether oxygens (including phenoxy) is 1. The van der Waals surface area contributed by atoms with Crippen LogP contribution < -0.4 is 5.56 Å². The molecule has 4 N–H and O–H groups in total. The molecule has 1 saturated heterocycles. The third-order valence-electron chi connectivity index (χ3n) is 2.94. The van der Waals surface area contributed by atoms with E-state index in [1.165, 1.54) is 12.1 Å². The zero-order valence-corrected chi connectivity index (χ0v) is 9.41. The predicted molar refractivity (Wildman–Crippen MR) is 61.7 cm³/mol. The highest BCUT2D eigenvalue weighted by Crippen LogP contribution is 2.34. The van der Waals surface area contributed by atoms with Crippen molar-refractivity contribution in [2.24, 2.45) is 0 Å². The molecule has 18 heavy (non-hydrogen) atoms. The summed E-state index contributed by atoms with van der Waals surface area (Å²) >= 11 is 0. The lowest BCUT2D eigenvalue weighted by Gasteiger charge is -2.16. The summed E-state index contributed by atoms with van der Waals surface area (Å²) in [6.45, 7) is -0.413. The van der Waals surface area contributed by atoms with E-state index in [0.717, 1.165) is 0 Å². The minimum atomic E-state index is -1.21. The summed E-state index contributed by atoms with van der Waals surface area (Å²) in [7, 11) is 0. The average molecular weight is 251 g/mol. The summed E-state index contributed by atoms with van der Waals surface area (Å²) in [6, 6.07) is 2.69. The van der Waals surface area contributed by atoms with E-state index < -0.39 is 31.0 Å². The molecule has 1 aliphatic rings. The summed E-state index contributed by atoms with van der Waals surface area (Å²) < 4.78 is 5.34. The molecule has 0 saturated carbocycles. The number of hydrogen-bond donors (Lipinski definition) is 4. The molecule has 6 nitrogen and oxygen atoms in total. The molecule has 1 aromatic heterocycles. The standard InChI is InChI=1S/C12H13NO5/c1-2-7-6(3-4-9(15)13-7)12-11(17)10(16)8(5-14)18-12/h1,3-4,8,10-12,14,16-17H,5H2,(H,13,15)/t8-,10?,11+,12+/m1/s1. The fourth-order valence-electron chi connectivity index (χ4n) is 2.00. The summed E-state index contributed by atoms with van der Waals surface area (Å²) in [5.74, 6) is 2.29. The van der Waals surface area contributed by atoms with Gasteiger partial charge < -0.3 is 25.0 Å². The minimum absolute atomic E-state index is 0.192. The second-order valence-corrected chi connectivity index (χ2v) is 4.06. The molecule has 0 spiro atoms. The van der Waals surface area contributed by atoms with Crippen LogP contribution in [0.4, 0.5) is 0 Å². The van der Waals surface area contributed by atoms with E-state index in [-0.39, 0.29) is 11.3 Å². The lowest BCUT2D eigenvalue weighted by Crippen LogP contribution is -2.32. The third-order valence-corrected chi connectivity index (χ3v) is 2.94. The molecule has 1 unspecified atom stereocenters. The Bertz CT molecular complexity index is 532. The van der Waals surface area contributed by atoms with E-state index in [4.69, 9.17) is 16.3 Å². The van der Waals surface area contributed by atoms with Gasteiger partial charge in [0.05, 0.1) is 12.3 Å². The van der Waals surface area contributed by atoms with Crippen molar-refractivity contribution in [3.63, 3.8) is 0 Å². The van der Waals surface area contributed by atoms with Crippen molar-refractivity contribution in [3.05, 3.63) is 33.7 Å². The smallest absolute Gasteiger partial charge is 0.248 e. The molecular formula is C12H13NO5. The SMILES string of the molecule is C#Cc1[nH]c(=O)ccc1[C@@H]1O[C@H](CO)C(O)[C@@H]1O. The minimum Gasteiger partial charge on any atom is -0.394 e. The fraction of sp³-hybridized carbons (Fsp3) is 0.417. The Morgan fingerprint density at radius 2 is 2.11 bits per heavy atom. The molecule has 0 aliphatic carbocycles. The number of aliphatic hydroxyl groups excluding tert-OH is 3. The molecule has 0 bridgehead atoms. The number of terminal acetylenes is 1. The molecule has 96 valence electrons. The van der Waals surface area contributed by atoms with Crippen molar-refractivity contribution in [1.29, 1.82) is 0 Å². The number of pyridine rings is 1.